The van der Waals surface area contributed by atoms with Crippen molar-refractivity contribution in [3.8, 4) is 0 Å². The maximum Gasteiger partial charge on any atom is 0.202 e. The third-order valence-electron chi connectivity index (χ3n) is 3.60. The molecule has 0 spiro atoms. The zero-order valence-corrected chi connectivity index (χ0v) is 10.8. The van der Waals surface area contributed by atoms with Crippen molar-refractivity contribution < 1.29 is 4.74 Å². The van der Waals surface area contributed by atoms with Gasteiger partial charge in [0.05, 0.1) is 13.2 Å². The number of ether oxygens (including phenoxy) is 1. The van der Waals surface area contributed by atoms with Gasteiger partial charge in [-0.2, -0.15) is 0 Å². The summed E-state index contributed by atoms with van der Waals surface area (Å²) in [6.07, 6.45) is 7.72. The number of imidazole rings is 1. The molecule has 0 aromatic carbocycles. The summed E-state index contributed by atoms with van der Waals surface area (Å²) >= 11 is 0. The number of hydrogen-bond donors (Lipinski definition) is 1. The lowest BCUT2D eigenvalue weighted by Gasteiger charge is -2.26. The van der Waals surface area contributed by atoms with Crippen molar-refractivity contribution >= 4 is 5.95 Å². The van der Waals surface area contributed by atoms with Gasteiger partial charge in [-0.3, -0.25) is 4.90 Å². The molecule has 18 heavy (non-hydrogen) atoms. The second kappa shape index (κ2) is 5.71. The van der Waals surface area contributed by atoms with Crippen molar-refractivity contribution in [3.63, 3.8) is 0 Å². The molecular weight excluding hydrogens is 228 g/mol. The van der Waals surface area contributed by atoms with Gasteiger partial charge in [-0.25, -0.2) is 4.98 Å². The lowest BCUT2D eigenvalue weighted by atomic mass is 10.3. The number of aromatic nitrogens is 2. The third kappa shape index (κ3) is 3.23. The molecule has 5 heteroatoms. The van der Waals surface area contributed by atoms with Crippen molar-refractivity contribution in [3.05, 3.63) is 12.4 Å². The molecule has 5 nitrogen and oxygen atoms in total. The van der Waals surface area contributed by atoms with Crippen molar-refractivity contribution in [2.24, 2.45) is 0 Å². The summed E-state index contributed by atoms with van der Waals surface area (Å²) < 4.78 is 7.59. The van der Waals surface area contributed by atoms with Crippen LogP contribution in [-0.4, -0.2) is 53.3 Å². The number of nitrogens with one attached hydrogen (secondary N) is 1. The molecule has 0 bridgehead atoms. The highest BCUT2D eigenvalue weighted by molar-refractivity contribution is 5.29. The van der Waals surface area contributed by atoms with Crippen molar-refractivity contribution in [2.45, 2.75) is 31.8 Å². The predicted octanol–water partition coefficient (Wildman–Crippen LogP) is 1.18. The lowest BCUT2D eigenvalue weighted by molar-refractivity contribution is 0.0369. The quantitative estimate of drug-likeness (QED) is 0.823. The van der Waals surface area contributed by atoms with E-state index in [1.807, 2.05) is 6.20 Å². The fourth-order valence-corrected chi connectivity index (χ4v) is 2.33. The summed E-state index contributed by atoms with van der Waals surface area (Å²) in [7, 11) is 0. The molecule has 0 unspecified atom stereocenters. The van der Waals surface area contributed by atoms with Crippen LogP contribution in [0.15, 0.2) is 12.4 Å². The average molecular weight is 250 g/mol. The highest BCUT2D eigenvalue weighted by Crippen LogP contribution is 2.23. The Bertz CT molecular complexity index is 369. The van der Waals surface area contributed by atoms with E-state index in [-0.39, 0.29) is 0 Å². The molecular formula is C13H22N4O. The van der Waals surface area contributed by atoms with Crippen LogP contribution in [0.2, 0.25) is 0 Å². The maximum absolute atomic E-state index is 5.35. The highest BCUT2D eigenvalue weighted by Gasteiger charge is 2.22. The number of hydrogen-bond acceptors (Lipinski definition) is 4. The first-order valence-corrected chi connectivity index (χ1v) is 6.99. The Morgan fingerprint density at radius 2 is 2.11 bits per heavy atom. The van der Waals surface area contributed by atoms with E-state index in [4.69, 9.17) is 4.74 Å². The number of rotatable bonds is 6. The molecule has 1 saturated carbocycles. The zero-order chi connectivity index (χ0) is 12.2. The van der Waals surface area contributed by atoms with E-state index in [2.05, 4.69) is 26.0 Å². The zero-order valence-electron chi connectivity index (χ0n) is 10.8. The van der Waals surface area contributed by atoms with Crippen LogP contribution < -0.4 is 5.32 Å². The molecule has 2 fully saturated rings. The van der Waals surface area contributed by atoms with Gasteiger partial charge in [-0.15, -0.1) is 0 Å². The van der Waals surface area contributed by atoms with Gasteiger partial charge in [-0.05, 0) is 19.3 Å². The van der Waals surface area contributed by atoms with Crippen LogP contribution in [0.25, 0.3) is 0 Å². The molecule has 0 radical (unpaired) electrons. The number of anilines is 1. The van der Waals surface area contributed by atoms with Crippen molar-refractivity contribution in [2.75, 3.05) is 38.2 Å². The molecule has 1 aromatic rings. The molecule has 100 valence electrons. The molecule has 2 heterocycles. The summed E-state index contributed by atoms with van der Waals surface area (Å²) in [5.41, 5.74) is 0. The van der Waals surface area contributed by atoms with Crippen molar-refractivity contribution in [1.29, 1.82) is 0 Å². The number of nitrogens with zero attached hydrogens (tertiary/aromatic N) is 3. The standard InChI is InChI=1S/C13H22N4O/c1(5-16-8-10-18-11-9-16)6-17-7-4-14-13(17)15-12-2-3-12/h4,7,12H,1-3,5-6,8-11H2,(H,14,15). The van der Waals surface area contributed by atoms with Crippen LogP contribution >= 0.6 is 0 Å². The van der Waals surface area contributed by atoms with Crippen LogP contribution in [0.4, 0.5) is 5.95 Å². The Morgan fingerprint density at radius 3 is 2.89 bits per heavy atom. The van der Waals surface area contributed by atoms with Crippen LogP contribution in [0.5, 0.6) is 0 Å². The van der Waals surface area contributed by atoms with Crippen molar-refractivity contribution in [1.82, 2.24) is 14.5 Å². The monoisotopic (exact) mass is 250 g/mol. The lowest BCUT2D eigenvalue weighted by Crippen LogP contribution is -2.37. The average Bonchev–Trinajstić information content (AvgIpc) is 3.11. The fourth-order valence-electron chi connectivity index (χ4n) is 2.33. The van der Waals surface area contributed by atoms with Crippen LogP contribution in [0, 0.1) is 0 Å². The van der Waals surface area contributed by atoms with Gasteiger partial charge in [0.25, 0.3) is 0 Å². The first kappa shape index (κ1) is 12.0. The summed E-state index contributed by atoms with van der Waals surface area (Å²) in [4.78, 5) is 6.86. The minimum absolute atomic E-state index is 0.672. The summed E-state index contributed by atoms with van der Waals surface area (Å²) in [6.45, 7) is 6.14. The molecule has 1 N–H and O–H groups in total. The molecule has 2 aliphatic rings. The predicted molar refractivity (Wildman–Crippen MR) is 70.7 cm³/mol. The van der Waals surface area contributed by atoms with Gasteiger partial charge in [0, 0.05) is 44.6 Å². The van der Waals surface area contributed by atoms with E-state index in [1.165, 1.54) is 19.3 Å². The van der Waals surface area contributed by atoms with E-state index in [9.17, 15) is 0 Å². The van der Waals surface area contributed by atoms with Gasteiger partial charge >= 0.3 is 0 Å². The van der Waals surface area contributed by atoms with Gasteiger partial charge in [0.2, 0.25) is 5.95 Å². The Hall–Kier alpha value is -1.07. The van der Waals surface area contributed by atoms with E-state index in [1.54, 1.807) is 0 Å². The minimum atomic E-state index is 0.672. The largest absolute Gasteiger partial charge is 0.379 e. The van der Waals surface area contributed by atoms with Crippen LogP contribution in [-0.2, 0) is 11.3 Å². The topological polar surface area (TPSA) is 42.3 Å². The first-order chi connectivity index (χ1) is 8.92. The van der Waals surface area contributed by atoms with E-state index in [0.29, 0.717) is 6.04 Å². The first-order valence-electron chi connectivity index (χ1n) is 6.99. The maximum atomic E-state index is 5.35. The molecule has 1 aliphatic heterocycles. The number of aryl methyl sites for hydroxylation is 1. The van der Waals surface area contributed by atoms with Crippen LogP contribution in [0.3, 0.4) is 0 Å². The summed E-state index contributed by atoms with van der Waals surface area (Å²) in [5, 5.41) is 3.47. The van der Waals surface area contributed by atoms with Gasteiger partial charge in [0.1, 0.15) is 0 Å². The summed E-state index contributed by atoms with van der Waals surface area (Å²) in [5.74, 6) is 1.04. The van der Waals surface area contributed by atoms with E-state index >= 15 is 0 Å². The highest BCUT2D eigenvalue weighted by atomic mass is 16.5. The SMILES string of the molecule is c1cn(CCCN2CCOCC2)c(NC2CC2)n1. The minimum Gasteiger partial charge on any atom is -0.379 e. The van der Waals surface area contributed by atoms with Crippen LogP contribution in [0.1, 0.15) is 19.3 Å². The second-order valence-corrected chi connectivity index (χ2v) is 5.17. The Balaban J connectivity index is 1.42. The molecule has 1 aliphatic carbocycles. The summed E-state index contributed by atoms with van der Waals surface area (Å²) in [6, 6.07) is 0.672. The fraction of sp³-hybridized carbons (Fsp3) is 0.769. The van der Waals surface area contributed by atoms with E-state index in [0.717, 1.165) is 45.3 Å². The van der Waals surface area contributed by atoms with Gasteiger partial charge in [0.15, 0.2) is 0 Å². The molecule has 0 amide bonds. The molecule has 3 rings (SSSR count). The second-order valence-electron chi connectivity index (χ2n) is 5.17. The normalized spacial score (nSPS) is 21.1. The van der Waals surface area contributed by atoms with Gasteiger partial charge in [-0.1, -0.05) is 0 Å². The molecule has 0 atom stereocenters. The molecule has 1 saturated heterocycles. The van der Waals surface area contributed by atoms with E-state index < -0.39 is 0 Å². The Morgan fingerprint density at radius 1 is 1.28 bits per heavy atom. The number of morpholine rings is 1. The molecule has 1 aromatic heterocycles. The Kier molecular flexibility index (Phi) is 3.81. The smallest absolute Gasteiger partial charge is 0.202 e. The van der Waals surface area contributed by atoms with Gasteiger partial charge < -0.3 is 14.6 Å². The third-order valence-corrected chi connectivity index (χ3v) is 3.60. The Labute approximate surface area is 108 Å².